The summed E-state index contributed by atoms with van der Waals surface area (Å²) in [6.07, 6.45) is -0.698. The Morgan fingerprint density at radius 1 is 0.914 bits per heavy atom. The molecule has 0 radical (unpaired) electrons. The Hall–Kier alpha value is -3.55. The molecule has 2 rings (SSSR count). The molecule has 2 atom stereocenters. The van der Waals surface area contributed by atoms with Crippen LogP contribution in [0.1, 0.15) is 58.7 Å². The zero-order valence-electron chi connectivity index (χ0n) is 21.8. The number of benzene rings is 2. The molecule has 2 N–H and O–H groups in total. The maximum atomic E-state index is 13.6. The van der Waals surface area contributed by atoms with Crippen LogP contribution in [0.4, 0.5) is 10.5 Å². The lowest BCUT2D eigenvalue weighted by molar-refractivity contribution is -0.142. The highest BCUT2D eigenvalue weighted by molar-refractivity contribution is 5.99. The first-order valence-electron chi connectivity index (χ1n) is 11.7. The number of carbonyl (C=O) groups excluding carboxylic acids is 3. The van der Waals surface area contributed by atoms with Gasteiger partial charge in [0.05, 0.1) is 7.11 Å². The SMILES string of the molecule is COc1ccc(NC(=O)C(c2ccc(C)cc2)N(C(=O)C(C)NC(=O)OC(C)(C)C)C(C)C)cc1. The van der Waals surface area contributed by atoms with Crippen LogP contribution in [0.5, 0.6) is 5.75 Å². The van der Waals surface area contributed by atoms with Crippen molar-refractivity contribution in [3.05, 3.63) is 59.7 Å². The Morgan fingerprint density at radius 2 is 1.49 bits per heavy atom. The molecule has 0 aliphatic rings. The van der Waals surface area contributed by atoms with Crippen molar-refractivity contribution < 1.29 is 23.9 Å². The summed E-state index contributed by atoms with van der Waals surface area (Å²) in [4.78, 5) is 40.9. The molecular formula is C27H37N3O5. The van der Waals surface area contributed by atoms with Gasteiger partial charge in [-0.3, -0.25) is 9.59 Å². The Labute approximate surface area is 208 Å². The number of alkyl carbamates (subject to hydrolysis) is 1. The van der Waals surface area contributed by atoms with Gasteiger partial charge in [-0.1, -0.05) is 29.8 Å². The van der Waals surface area contributed by atoms with Gasteiger partial charge >= 0.3 is 6.09 Å². The van der Waals surface area contributed by atoms with Gasteiger partial charge in [0.25, 0.3) is 5.91 Å². The predicted octanol–water partition coefficient (Wildman–Crippen LogP) is 4.83. The number of ether oxygens (including phenoxy) is 2. The number of nitrogens with zero attached hydrogens (tertiary/aromatic N) is 1. The number of aryl methyl sites for hydroxylation is 1. The molecule has 2 aromatic rings. The zero-order chi connectivity index (χ0) is 26.3. The summed E-state index contributed by atoms with van der Waals surface area (Å²) in [6, 6.07) is 12.3. The molecule has 8 nitrogen and oxygen atoms in total. The van der Waals surface area contributed by atoms with Gasteiger partial charge in [0, 0.05) is 11.7 Å². The Morgan fingerprint density at radius 3 is 1.97 bits per heavy atom. The molecule has 0 aliphatic carbocycles. The third-order valence-corrected chi connectivity index (χ3v) is 5.19. The van der Waals surface area contributed by atoms with Crippen LogP contribution in [0, 0.1) is 6.92 Å². The highest BCUT2D eigenvalue weighted by atomic mass is 16.6. The number of carbonyl (C=O) groups is 3. The van der Waals surface area contributed by atoms with Crippen molar-refractivity contribution in [1.82, 2.24) is 10.2 Å². The minimum Gasteiger partial charge on any atom is -0.497 e. The van der Waals surface area contributed by atoms with E-state index in [1.165, 1.54) is 4.90 Å². The smallest absolute Gasteiger partial charge is 0.408 e. The minimum absolute atomic E-state index is 0.335. The number of methoxy groups -OCH3 is 1. The highest BCUT2D eigenvalue weighted by Gasteiger charge is 2.36. The molecular weight excluding hydrogens is 446 g/mol. The van der Waals surface area contributed by atoms with E-state index in [0.717, 1.165) is 5.56 Å². The van der Waals surface area contributed by atoms with E-state index in [1.54, 1.807) is 59.1 Å². The standard InChI is InChI=1S/C27H37N3O5/c1-17(2)30(25(32)19(4)28-26(33)35-27(5,6)7)23(20-11-9-18(3)10-12-20)24(31)29-21-13-15-22(34-8)16-14-21/h9-17,19,23H,1-8H3,(H,28,33)(H,29,31). The Balaban J connectivity index is 2.38. The fraction of sp³-hybridized carbons (Fsp3) is 0.444. The first kappa shape index (κ1) is 27.7. The van der Waals surface area contributed by atoms with Crippen LogP contribution in [-0.4, -0.2) is 47.6 Å². The molecule has 0 aromatic heterocycles. The summed E-state index contributed by atoms with van der Waals surface area (Å²) >= 11 is 0. The molecule has 2 aromatic carbocycles. The van der Waals surface area contributed by atoms with E-state index in [9.17, 15) is 14.4 Å². The second-order valence-corrected chi connectivity index (χ2v) is 9.74. The number of hydrogen-bond acceptors (Lipinski definition) is 5. The van der Waals surface area contributed by atoms with Gasteiger partial charge in [0.2, 0.25) is 5.91 Å². The molecule has 3 amide bonds. The number of hydrogen-bond donors (Lipinski definition) is 2. The van der Waals surface area contributed by atoms with Crippen molar-refractivity contribution in [2.75, 3.05) is 12.4 Å². The normalized spacial score (nSPS) is 12.9. The van der Waals surface area contributed by atoms with E-state index in [4.69, 9.17) is 9.47 Å². The molecule has 0 heterocycles. The molecule has 35 heavy (non-hydrogen) atoms. The summed E-state index contributed by atoms with van der Waals surface area (Å²) in [6.45, 7) is 12.4. The van der Waals surface area contributed by atoms with Crippen LogP contribution < -0.4 is 15.4 Å². The van der Waals surface area contributed by atoms with Crippen molar-refractivity contribution >= 4 is 23.6 Å². The van der Waals surface area contributed by atoms with Crippen molar-refractivity contribution in [2.45, 2.75) is 72.2 Å². The number of anilines is 1. The Kier molecular flexibility index (Phi) is 9.28. The summed E-state index contributed by atoms with van der Waals surface area (Å²) < 4.78 is 10.5. The second kappa shape index (κ2) is 11.7. The van der Waals surface area contributed by atoms with Crippen LogP contribution in [0.2, 0.25) is 0 Å². The van der Waals surface area contributed by atoms with Gasteiger partial charge in [-0.05, 0) is 78.3 Å². The summed E-state index contributed by atoms with van der Waals surface area (Å²) in [5.74, 6) is -0.106. The van der Waals surface area contributed by atoms with E-state index in [-0.39, 0.29) is 11.9 Å². The van der Waals surface area contributed by atoms with E-state index in [0.29, 0.717) is 17.0 Å². The van der Waals surface area contributed by atoms with Gasteiger partial charge in [-0.25, -0.2) is 4.79 Å². The molecule has 0 saturated heterocycles. The van der Waals surface area contributed by atoms with Crippen molar-refractivity contribution in [3.8, 4) is 5.75 Å². The summed E-state index contributed by atoms with van der Waals surface area (Å²) in [5.41, 5.74) is 1.57. The van der Waals surface area contributed by atoms with Crippen LogP contribution >= 0.6 is 0 Å². The molecule has 0 bridgehead atoms. The van der Waals surface area contributed by atoms with E-state index < -0.39 is 29.7 Å². The molecule has 0 aliphatic heterocycles. The minimum atomic E-state index is -0.923. The van der Waals surface area contributed by atoms with Gasteiger partial charge in [-0.2, -0.15) is 0 Å². The molecule has 0 fully saturated rings. The molecule has 8 heteroatoms. The third-order valence-electron chi connectivity index (χ3n) is 5.19. The zero-order valence-corrected chi connectivity index (χ0v) is 21.8. The van der Waals surface area contributed by atoms with E-state index in [1.807, 2.05) is 45.0 Å². The third kappa shape index (κ3) is 8.02. The molecule has 0 spiro atoms. The molecule has 0 saturated carbocycles. The molecule has 190 valence electrons. The lowest BCUT2D eigenvalue weighted by Crippen LogP contribution is -2.53. The number of amides is 3. The van der Waals surface area contributed by atoms with Crippen molar-refractivity contribution in [2.24, 2.45) is 0 Å². The first-order chi connectivity index (χ1) is 16.3. The average Bonchev–Trinajstić information content (AvgIpc) is 2.76. The quantitative estimate of drug-likeness (QED) is 0.560. The van der Waals surface area contributed by atoms with Gasteiger partial charge in [0.1, 0.15) is 23.4 Å². The number of rotatable bonds is 8. The van der Waals surface area contributed by atoms with Crippen LogP contribution in [0.3, 0.4) is 0 Å². The average molecular weight is 484 g/mol. The molecule has 2 unspecified atom stereocenters. The lowest BCUT2D eigenvalue weighted by atomic mass is 10.00. The first-order valence-corrected chi connectivity index (χ1v) is 11.7. The van der Waals surface area contributed by atoms with Crippen molar-refractivity contribution in [3.63, 3.8) is 0 Å². The van der Waals surface area contributed by atoms with Crippen molar-refractivity contribution in [1.29, 1.82) is 0 Å². The lowest BCUT2D eigenvalue weighted by Gasteiger charge is -2.36. The van der Waals surface area contributed by atoms with Gasteiger partial charge in [0.15, 0.2) is 0 Å². The summed E-state index contributed by atoms with van der Waals surface area (Å²) in [7, 11) is 1.57. The van der Waals surface area contributed by atoms with E-state index in [2.05, 4.69) is 10.6 Å². The van der Waals surface area contributed by atoms with Gasteiger partial charge < -0.3 is 25.0 Å². The highest BCUT2D eigenvalue weighted by Crippen LogP contribution is 2.27. The van der Waals surface area contributed by atoms with E-state index >= 15 is 0 Å². The van der Waals surface area contributed by atoms with Crippen LogP contribution in [0.15, 0.2) is 48.5 Å². The van der Waals surface area contributed by atoms with Crippen LogP contribution in [-0.2, 0) is 14.3 Å². The topological polar surface area (TPSA) is 97.0 Å². The largest absolute Gasteiger partial charge is 0.497 e. The summed E-state index contributed by atoms with van der Waals surface area (Å²) in [5, 5.41) is 5.50. The maximum Gasteiger partial charge on any atom is 0.408 e. The predicted molar refractivity (Wildman–Crippen MR) is 136 cm³/mol. The van der Waals surface area contributed by atoms with Crippen LogP contribution in [0.25, 0.3) is 0 Å². The number of nitrogens with one attached hydrogen (secondary N) is 2. The monoisotopic (exact) mass is 483 g/mol. The second-order valence-electron chi connectivity index (χ2n) is 9.74. The fourth-order valence-corrected chi connectivity index (χ4v) is 3.52. The maximum absolute atomic E-state index is 13.6. The van der Waals surface area contributed by atoms with Gasteiger partial charge in [-0.15, -0.1) is 0 Å². The Bertz CT molecular complexity index is 1010. The fourth-order valence-electron chi connectivity index (χ4n) is 3.52.